The molecule has 3 nitrogen and oxygen atoms in total. The lowest BCUT2D eigenvalue weighted by Crippen LogP contribution is -2.37. The van der Waals surface area contributed by atoms with Gasteiger partial charge in [-0.1, -0.05) is 6.07 Å². The molecule has 0 heterocycles. The van der Waals surface area contributed by atoms with E-state index in [0.717, 1.165) is 24.9 Å². The summed E-state index contributed by atoms with van der Waals surface area (Å²) in [5.74, 6) is -0.200. The third kappa shape index (κ3) is 3.00. The standard InChI is InChI=1S/C14H19FN2O/c1-3-17(12-6-7-12)14(18)9-16-13-8-11(15)5-4-10(13)2/h4-5,8,12,16H,3,6-7,9H2,1-2H3. The van der Waals surface area contributed by atoms with Gasteiger partial charge in [0.15, 0.2) is 0 Å². The van der Waals surface area contributed by atoms with Crippen LogP contribution in [0.15, 0.2) is 18.2 Å². The lowest BCUT2D eigenvalue weighted by Gasteiger charge is -2.21. The first kappa shape index (κ1) is 12.9. The normalized spacial score (nSPS) is 14.4. The Morgan fingerprint density at radius 2 is 2.22 bits per heavy atom. The molecule has 1 saturated carbocycles. The molecular formula is C14H19FN2O. The molecule has 1 fully saturated rings. The number of aryl methyl sites for hydroxylation is 1. The summed E-state index contributed by atoms with van der Waals surface area (Å²) in [5.41, 5.74) is 1.63. The van der Waals surface area contributed by atoms with E-state index in [4.69, 9.17) is 0 Å². The number of anilines is 1. The highest BCUT2D eigenvalue weighted by Gasteiger charge is 2.30. The van der Waals surface area contributed by atoms with E-state index in [2.05, 4.69) is 5.32 Å². The number of carbonyl (C=O) groups excluding carboxylic acids is 1. The van der Waals surface area contributed by atoms with Crippen molar-refractivity contribution in [2.24, 2.45) is 0 Å². The van der Waals surface area contributed by atoms with Crippen molar-refractivity contribution in [3.05, 3.63) is 29.6 Å². The summed E-state index contributed by atoms with van der Waals surface area (Å²) in [6.45, 7) is 4.86. The minimum Gasteiger partial charge on any atom is -0.376 e. The van der Waals surface area contributed by atoms with Gasteiger partial charge in [0.2, 0.25) is 5.91 Å². The Morgan fingerprint density at radius 3 is 2.83 bits per heavy atom. The third-order valence-corrected chi connectivity index (χ3v) is 3.28. The molecule has 1 aliphatic carbocycles. The summed E-state index contributed by atoms with van der Waals surface area (Å²) < 4.78 is 13.1. The Kier molecular flexibility index (Phi) is 3.84. The maximum Gasteiger partial charge on any atom is 0.242 e. The van der Waals surface area contributed by atoms with E-state index in [0.29, 0.717) is 11.7 Å². The van der Waals surface area contributed by atoms with E-state index < -0.39 is 0 Å². The molecule has 1 N–H and O–H groups in total. The van der Waals surface area contributed by atoms with E-state index in [-0.39, 0.29) is 18.3 Å². The highest BCUT2D eigenvalue weighted by molar-refractivity contribution is 5.81. The maximum atomic E-state index is 13.1. The molecule has 0 aromatic heterocycles. The largest absolute Gasteiger partial charge is 0.376 e. The minimum atomic E-state index is -0.287. The van der Waals surface area contributed by atoms with Crippen molar-refractivity contribution in [3.63, 3.8) is 0 Å². The predicted molar refractivity (Wildman–Crippen MR) is 70.0 cm³/mol. The van der Waals surface area contributed by atoms with Gasteiger partial charge < -0.3 is 10.2 Å². The monoisotopic (exact) mass is 250 g/mol. The zero-order valence-electron chi connectivity index (χ0n) is 10.9. The Morgan fingerprint density at radius 1 is 1.50 bits per heavy atom. The molecule has 0 saturated heterocycles. The number of rotatable bonds is 5. The second-order valence-corrected chi connectivity index (χ2v) is 4.72. The lowest BCUT2D eigenvalue weighted by atomic mass is 10.2. The first-order chi connectivity index (χ1) is 8.61. The quantitative estimate of drug-likeness (QED) is 0.871. The van der Waals surface area contributed by atoms with E-state index in [1.807, 2.05) is 18.7 Å². The van der Waals surface area contributed by atoms with Crippen LogP contribution in [0.25, 0.3) is 0 Å². The lowest BCUT2D eigenvalue weighted by molar-refractivity contribution is -0.129. The van der Waals surface area contributed by atoms with Crippen LogP contribution in [-0.4, -0.2) is 29.9 Å². The summed E-state index contributed by atoms with van der Waals surface area (Å²) in [4.78, 5) is 13.9. The first-order valence-corrected chi connectivity index (χ1v) is 6.41. The first-order valence-electron chi connectivity index (χ1n) is 6.41. The van der Waals surface area contributed by atoms with Crippen LogP contribution in [0.1, 0.15) is 25.3 Å². The third-order valence-electron chi connectivity index (χ3n) is 3.28. The van der Waals surface area contributed by atoms with E-state index in [1.54, 1.807) is 6.07 Å². The van der Waals surface area contributed by atoms with Crippen LogP contribution in [0.2, 0.25) is 0 Å². The van der Waals surface area contributed by atoms with Crippen molar-refractivity contribution in [3.8, 4) is 0 Å². The zero-order valence-corrected chi connectivity index (χ0v) is 10.9. The van der Waals surface area contributed by atoms with Gasteiger partial charge in [0, 0.05) is 18.3 Å². The fourth-order valence-corrected chi connectivity index (χ4v) is 2.08. The molecule has 0 bridgehead atoms. The Hall–Kier alpha value is -1.58. The van der Waals surface area contributed by atoms with Crippen molar-refractivity contribution in [2.45, 2.75) is 32.7 Å². The highest BCUT2D eigenvalue weighted by atomic mass is 19.1. The van der Waals surface area contributed by atoms with E-state index in [9.17, 15) is 9.18 Å². The molecule has 0 radical (unpaired) electrons. The van der Waals surface area contributed by atoms with Gasteiger partial charge in [-0.15, -0.1) is 0 Å². The van der Waals surface area contributed by atoms with Gasteiger partial charge in [0.25, 0.3) is 0 Å². The molecule has 1 aromatic carbocycles. The molecule has 0 spiro atoms. The summed E-state index contributed by atoms with van der Waals surface area (Å²) in [7, 11) is 0. The molecule has 98 valence electrons. The number of hydrogen-bond donors (Lipinski definition) is 1. The van der Waals surface area contributed by atoms with Gasteiger partial charge in [-0.2, -0.15) is 0 Å². The number of nitrogens with one attached hydrogen (secondary N) is 1. The zero-order chi connectivity index (χ0) is 13.1. The van der Waals surface area contributed by atoms with Crippen LogP contribution in [0.5, 0.6) is 0 Å². The topological polar surface area (TPSA) is 32.3 Å². The van der Waals surface area contributed by atoms with Crippen molar-refractivity contribution in [1.82, 2.24) is 4.90 Å². The van der Waals surface area contributed by atoms with Gasteiger partial charge in [0.1, 0.15) is 5.82 Å². The molecule has 2 rings (SSSR count). The summed E-state index contributed by atoms with van der Waals surface area (Å²) in [6, 6.07) is 4.99. The Balaban J connectivity index is 1.94. The Bertz CT molecular complexity index is 443. The predicted octanol–water partition coefficient (Wildman–Crippen LogP) is 2.56. The van der Waals surface area contributed by atoms with Crippen LogP contribution >= 0.6 is 0 Å². The van der Waals surface area contributed by atoms with Gasteiger partial charge in [-0.25, -0.2) is 4.39 Å². The van der Waals surface area contributed by atoms with Gasteiger partial charge in [0.05, 0.1) is 6.54 Å². The second-order valence-electron chi connectivity index (χ2n) is 4.72. The van der Waals surface area contributed by atoms with Crippen molar-refractivity contribution >= 4 is 11.6 Å². The van der Waals surface area contributed by atoms with E-state index >= 15 is 0 Å². The second kappa shape index (κ2) is 5.38. The molecule has 1 aromatic rings. The van der Waals surface area contributed by atoms with Crippen molar-refractivity contribution in [2.75, 3.05) is 18.4 Å². The molecule has 18 heavy (non-hydrogen) atoms. The van der Waals surface area contributed by atoms with Gasteiger partial charge in [-0.3, -0.25) is 4.79 Å². The van der Waals surface area contributed by atoms with Crippen LogP contribution in [0, 0.1) is 12.7 Å². The fraction of sp³-hybridized carbons (Fsp3) is 0.500. The number of benzene rings is 1. The van der Waals surface area contributed by atoms with Gasteiger partial charge >= 0.3 is 0 Å². The average molecular weight is 250 g/mol. The summed E-state index contributed by atoms with van der Waals surface area (Å²) >= 11 is 0. The molecule has 4 heteroatoms. The van der Waals surface area contributed by atoms with Crippen molar-refractivity contribution in [1.29, 1.82) is 0 Å². The van der Waals surface area contributed by atoms with Crippen molar-refractivity contribution < 1.29 is 9.18 Å². The molecule has 1 aliphatic rings. The highest BCUT2D eigenvalue weighted by Crippen LogP contribution is 2.26. The number of nitrogens with zero attached hydrogens (tertiary/aromatic N) is 1. The SMILES string of the molecule is CCN(C(=O)CNc1cc(F)ccc1C)C1CC1. The van der Waals surface area contributed by atoms with Gasteiger partial charge in [-0.05, 0) is 44.4 Å². The number of amides is 1. The number of carbonyl (C=O) groups is 1. The minimum absolute atomic E-state index is 0.0867. The molecule has 1 amide bonds. The van der Waals surface area contributed by atoms with Crippen LogP contribution in [0.4, 0.5) is 10.1 Å². The smallest absolute Gasteiger partial charge is 0.242 e. The van der Waals surface area contributed by atoms with Crippen LogP contribution < -0.4 is 5.32 Å². The number of halogens is 1. The number of likely N-dealkylation sites (N-methyl/N-ethyl adjacent to an activating group) is 1. The average Bonchev–Trinajstić information content (AvgIpc) is 3.16. The summed E-state index contributed by atoms with van der Waals surface area (Å²) in [6.07, 6.45) is 2.22. The van der Waals surface area contributed by atoms with Crippen LogP contribution in [0.3, 0.4) is 0 Å². The molecule has 0 aliphatic heterocycles. The molecule has 0 atom stereocenters. The molecular weight excluding hydrogens is 231 g/mol. The Labute approximate surface area is 107 Å². The fourth-order valence-electron chi connectivity index (χ4n) is 2.08. The summed E-state index contributed by atoms with van der Waals surface area (Å²) in [5, 5.41) is 3.02. The maximum absolute atomic E-state index is 13.1. The van der Waals surface area contributed by atoms with E-state index in [1.165, 1.54) is 12.1 Å². The number of hydrogen-bond acceptors (Lipinski definition) is 2. The van der Waals surface area contributed by atoms with Crippen LogP contribution in [-0.2, 0) is 4.79 Å². The molecule has 0 unspecified atom stereocenters.